The summed E-state index contributed by atoms with van der Waals surface area (Å²) >= 11 is 0. The largest absolute Gasteiger partial charge is 0.475 e. The van der Waals surface area contributed by atoms with E-state index in [1.165, 1.54) is 12.8 Å². The van der Waals surface area contributed by atoms with Crippen molar-refractivity contribution in [1.82, 2.24) is 9.88 Å². The van der Waals surface area contributed by atoms with Crippen molar-refractivity contribution in [3.05, 3.63) is 17.8 Å². The summed E-state index contributed by atoms with van der Waals surface area (Å²) in [6.45, 7) is 3.54. The van der Waals surface area contributed by atoms with Crippen LogP contribution >= 0.6 is 0 Å². The summed E-state index contributed by atoms with van der Waals surface area (Å²) in [6, 6.07) is 2.66. The van der Waals surface area contributed by atoms with Gasteiger partial charge in [-0.15, -0.1) is 0 Å². The Balaban J connectivity index is 1.82. The number of hydrogen-bond donors (Lipinski definition) is 1. The van der Waals surface area contributed by atoms with Crippen molar-refractivity contribution in [3.8, 4) is 5.88 Å². The number of ether oxygens (including phenoxy) is 1. The van der Waals surface area contributed by atoms with E-state index >= 15 is 0 Å². The van der Waals surface area contributed by atoms with Crippen LogP contribution in [0, 0.1) is 6.92 Å². The van der Waals surface area contributed by atoms with Crippen LogP contribution in [0.3, 0.4) is 0 Å². The van der Waals surface area contributed by atoms with Gasteiger partial charge in [0.25, 0.3) is 0 Å². The van der Waals surface area contributed by atoms with Crippen LogP contribution in [0.2, 0.25) is 0 Å². The fourth-order valence-electron chi connectivity index (χ4n) is 1.64. The zero-order valence-corrected chi connectivity index (χ0v) is 9.94. The van der Waals surface area contributed by atoms with Gasteiger partial charge < -0.3 is 15.4 Å². The minimum absolute atomic E-state index is 0.559. The van der Waals surface area contributed by atoms with Crippen molar-refractivity contribution in [2.45, 2.75) is 25.8 Å². The van der Waals surface area contributed by atoms with Crippen molar-refractivity contribution in [2.24, 2.45) is 0 Å². The average molecular weight is 221 g/mol. The number of pyridine rings is 1. The summed E-state index contributed by atoms with van der Waals surface area (Å²) in [7, 11) is 2.13. The third-order valence-electron chi connectivity index (χ3n) is 3.02. The monoisotopic (exact) mass is 221 g/mol. The molecule has 0 bridgehead atoms. The number of rotatable bonds is 5. The number of nitrogen functional groups attached to an aromatic ring is 1. The molecule has 1 aliphatic carbocycles. The van der Waals surface area contributed by atoms with Crippen molar-refractivity contribution in [3.63, 3.8) is 0 Å². The lowest BCUT2D eigenvalue weighted by atomic mass is 10.2. The Labute approximate surface area is 96.4 Å². The first-order valence-electron chi connectivity index (χ1n) is 5.72. The maximum atomic E-state index is 5.87. The number of nitrogens with two attached hydrogens (primary N) is 1. The van der Waals surface area contributed by atoms with E-state index in [0.717, 1.165) is 18.2 Å². The highest BCUT2D eigenvalue weighted by molar-refractivity contribution is 5.53. The molecule has 0 spiro atoms. The first kappa shape index (κ1) is 11.2. The van der Waals surface area contributed by atoms with E-state index < -0.39 is 0 Å². The Morgan fingerprint density at radius 2 is 2.31 bits per heavy atom. The van der Waals surface area contributed by atoms with Crippen LogP contribution in [-0.2, 0) is 0 Å². The summed E-state index contributed by atoms with van der Waals surface area (Å²) in [5, 5.41) is 0. The van der Waals surface area contributed by atoms with E-state index in [4.69, 9.17) is 10.5 Å². The lowest BCUT2D eigenvalue weighted by Gasteiger charge is -2.16. The molecular formula is C12H19N3O. The molecule has 1 heterocycles. The van der Waals surface area contributed by atoms with E-state index in [2.05, 4.69) is 16.9 Å². The van der Waals surface area contributed by atoms with Gasteiger partial charge in [-0.25, -0.2) is 4.98 Å². The minimum Gasteiger partial charge on any atom is -0.475 e. The molecule has 2 N–H and O–H groups in total. The van der Waals surface area contributed by atoms with Crippen LogP contribution in [0.15, 0.2) is 12.3 Å². The van der Waals surface area contributed by atoms with E-state index in [0.29, 0.717) is 18.2 Å². The van der Waals surface area contributed by atoms with E-state index in [9.17, 15) is 0 Å². The second-order valence-corrected chi connectivity index (χ2v) is 4.41. The fourth-order valence-corrected chi connectivity index (χ4v) is 1.64. The average Bonchev–Trinajstić information content (AvgIpc) is 3.07. The number of aryl methyl sites for hydroxylation is 1. The maximum absolute atomic E-state index is 5.87. The molecule has 88 valence electrons. The van der Waals surface area contributed by atoms with Gasteiger partial charge in [-0.1, -0.05) is 0 Å². The number of aromatic nitrogens is 1. The second kappa shape index (κ2) is 4.70. The molecule has 0 aliphatic heterocycles. The number of anilines is 1. The zero-order chi connectivity index (χ0) is 11.5. The summed E-state index contributed by atoms with van der Waals surface area (Å²) in [5.74, 6) is 0.559. The van der Waals surface area contributed by atoms with Gasteiger partial charge in [0.2, 0.25) is 5.88 Å². The third kappa shape index (κ3) is 2.64. The molecule has 2 rings (SSSR count). The van der Waals surface area contributed by atoms with Crippen molar-refractivity contribution in [1.29, 1.82) is 0 Å². The molecule has 1 aromatic rings. The Morgan fingerprint density at radius 1 is 1.56 bits per heavy atom. The van der Waals surface area contributed by atoms with Crippen LogP contribution < -0.4 is 10.5 Å². The molecule has 4 nitrogen and oxygen atoms in total. The maximum Gasteiger partial charge on any atom is 0.237 e. The smallest absolute Gasteiger partial charge is 0.237 e. The summed E-state index contributed by atoms with van der Waals surface area (Å²) < 4.78 is 5.59. The number of likely N-dealkylation sites (N-methyl/N-ethyl adjacent to an activating group) is 1. The number of hydrogen-bond acceptors (Lipinski definition) is 4. The van der Waals surface area contributed by atoms with E-state index in [1.54, 1.807) is 6.20 Å². The van der Waals surface area contributed by atoms with Gasteiger partial charge in [-0.05, 0) is 38.4 Å². The number of nitrogens with zero attached hydrogens (tertiary/aromatic N) is 2. The van der Waals surface area contributed by atoms with Gasteiger partial charge in [0, 0.05) is 18.8 Å². The van der Waals surface area contributed by atoms with Crippen molar-refractivity contribution < 1.29 is 4.74 Å². The molecule has 1 fully saturated rings. The van der Waals surface area contributed by atoms with Gasteiger partial charge >= 0.3 is 0 Å². The summed E-state index contributed by atoms with van der Waals surface area (Å²) in [5.41, 5.74) is 7.53. The van der Waals surface area contributed by atoms with Crippen LogP contribution in [0.5, 0.6) is 5.88 Å². The molecule has 1 aromatic heterocycles. The Kier molecular flexibility index (Phi) is 3.29. The van der Waals surface area contributed by atoms with Gasteiger partial charge in [0.05, 0.1) is 5.69 Å². The zero-order valence-electron chi connectivity index (χ0n) is 9.94. The molecule has 4 heteroatoms. The molecule has 0 aromatic carbocycles. The molecule has 0 unspecified atom stereocenters. The second-order valence-electron chi connectivity index (χ2n) is 4.41. The first-order chi connectivity index (χ1) is 7.68. The molecule has 16 heavy (non-hydrogen) atoms. The van der Waals surface area contributed by atoms with Gasteiger partial charge in [-0.3, -0.25) is 0 Å². The topological polar surface area (TPSA) is 51.4 Å². The molecule has 1 aliphatic rings. The quantitative estimate of drug-likeness (QED) is 0.817. The molecule has 0 radical (unpaired) electrons. The fraction of sp³-hybridized carbons (Fsp3) is 0.583. The lowest BCUT2D eigenvalue weighted by molar-refractivity contribution is 0.227. The normalized spacial score (nSPS) is 15.4. The van der Waals surface area contributed by atoms with E-state index in [1.807, 2.05) is 13.0 Å². The molecule has 0 atom stereocenters. The third-order valence-corrected chi connectivity index (χ3v) is 3.02. The van der Waals surface area contributed by atoms with Crippen LogP contribution in [0.4, 0.5) is 5.69 Å². The molecule has 0 amide bonds. The van der Waals surface area contributed by atoms with Gasteiger partial charge in [-0.2, -0.15) is 0 Å². The summed E-state index contributed by atoms with van der Waals surface area (Å²) in [6.07, 6.45) is 4.37. The lowest BCUT2D eigenvalue weighted by Crippen LogP contribution is -2.26. The van der Waals surface area contributed by atoms with Gasteiger partial charge in [0.1, 0.15) is 6.61 Å². The molecule has 1 saturated carbocycles. The highest BCUT2D eigenvalue weighted by Gasteiger charge is 2.25. The standard InChI is InChI=1S/C12H19N3O/c1-9-5-6-14-12(11(9)13)16-8-7-15(2)10-3-4-10/h5-6,10H,3-4,7-8,13H2,1-2H3. The van der Waals surface area contributed by atoms with Crippen LogP contribution in [0.25, 0.3) is 0 Å². The van der Waals surface area contributed by atoms with Gasteiger partial charge in [0.15, 0.2) is 0 Å². The van der Waals surface area contributed by atoms with Crippen molar-refractivity contribution in [2.75, 3.05) is 25.9 Å². The highest BCUT2D eigenvalue weighted by Crippen LogP contribution is 2.25. The Morgan fingerprint density at radius 3 is 3.00 bits per heavy atom. The predicted molar refractivity (Wildman–Crippen MR) is 64.5 cm³/mol. The highest BCUT2D eigenvalue weighted by atomic mass is 16.5. The Hall–Kier alpha value is -1.29. The van der Waals surface area contributed by atoms with Crippen LogP contribution in [0.1, 0.15) is 18.4 Å². The first-order valence-corrected chi connectivity index (χ1v) is 5.72. The van der Waals surface area contributed by atoms with E-state index in [-0.39, 0.29) is 0 Å². The summed E-state index contributed by atoms with van der Waals surface area (Å²) in [4.78, 5) is 6.46. The molecule has 0 saturated heterocycles. The Bertz CT molecular complexity index is 363. The van der Waals surface area contributed by atoms with Crippen LogP contribution in [-0.4, -0.2) is 36.1 Å². The predicted octanol–water partition coefficient (Wildman–Crippen LogP) is 1.45. The SMILES string of the molecule is Cc1ccnc(OCCN(C)C2CC2)c1N. The molecular weight excluding hydrogens is 202 g/mol. The van der Waals surface area contributed by atoms with Crippen molar-refractivity contribution >= 4 is 5.69 Å². The minimum atomic E-state index is 0.559.